The maximum Gasteiger partial charge on any atom is 0.223 e. The Kier molecular flexibility index (Phi) is 3.37. The minimum absolute atomic E-state index is 0.171. The van der Waals surface area contributed by atoms with E-state index in [2.05, 4.69) is 19.2 Å². The molecular formula is C10H16ClNO. The van der Waals surface area contributed by atoms with E-state index < -0.39 is 0 Å². The highest BCUT2D eigenvalue weighted by molar-refractivity contribution is 6.18. The third kappa shape index (κ3) is 3.03. The van der Waals surface area contributed by atoms with Gasteiger partial charge in [-0.3, -0.25) is 4.79 Å². The number of carbonyl (C=O) groups is 1. The van der Waals surface area contributed by atoms with Crippen molar-refractivity contribution in [2.75, 3.05) is 12.4 Å². The molecule has 0 aromatic rings. The van der Waals surface area contributed by atoms with Crippen LogP contribution in [0.1, 0.15) is 20.3 Å². The highest BCUT2D eigenvalue weighted by Crippen LogP contribution is 2.51. The molecule has 13 heavy (non-hydrogen) atoms. The number of alkyl halides is 1. The molecule has 1 fully saturated rings. The molecule has 1 N–H and O–H groups in total. The van der Waals surface area contributed by atoms with E-state index >= 15 is 0 Å². The fourth-order valence-electron chi connectivity index (χ4n) is 1.34. The van der Waals surface area contributed by atoms with E-state index in [0.29, 0.717) is 12.4 Å². The van der Waals surface area contributed by atoms with Gasteiger partial charge in [-0.15, -0.1) is 11.6 Å². The molecule has 1 amide bonds. The molecule has 1 saturated carbocycles. The molecular weight excluding hydrogens is 186 g/mol. The molecule has 0 radical (unpaired) electrons. The van der Waals surface area contributed by atoms with Crippen molar-refractivity contribution in [2.24, 2.45) is 11.3 Å². The second-order valence-corrected chi connectivity index (χ2v) is 4.42. The summed E-state index contributed by atoms with van der Waals surface area (Å²) in [6.45, 7) is 4.83. The molecule has 0 saturated heterocycles. The summed E-state index contributed by atoms with van der Waals surface area (Å²) in [5, 5.41) is 2.85. The van der Waals surface area contributed by atoms with E-state index in [1.807, 2.05) is 12.2 Å². The Bertz CT molecular complexity index is 223. The Balaban J connectivity index is 2.17. The van der Waals surface area contributed by atoms with Crippen molar-refractivity contribution in [1.82, 2.24) is 5.32 Å². The summed E-state index contributed by atoms with van der Waals surface area (Å²) in [4.78, 5) is 11.4. The summed E-state index contributed by atoms with van der Waals surface area (Å²) in [5.74, 6) is 0.895. The molecule has 1 aliphatic carbocycles. The molecule has 0 spiro atoms. The molecule has 0 aromatic carbocycles. The first-order valence-corrected chi connectivity index (χ1v) is 5.10. The second-order valence-electron chi connectivity index (χ2n) is 4.12. The van der Waals surface area contributed by atoms with E-state index in [-0.39, 0.29) is 17.2 Å². The first kappa shape index (κ1) is 10.6. The molecule has 0 aromatic heterocycles. The summed E-state index contributed by atoms with van der Waals surface area (Å²) < 4.78 is 0. The zero-order chi connectivity index (χ0) is 9.90. The third-order valence-corrected chi connectivity index (χ3v) is 2.66. The maximum absolute atomic E-state index is 11.4. The van der Waals surface area contributed by atoms with Gasteiger partial charge in [0, 0.05) is 18.3 Å². The van der Waals surface area contributed by atoms with Crippen LogP contribution in [0.2, 0.25) is 0 Å². The Morgan fingerprint density at radius 3 is 2.69 bits per heavy atom. The average molecular weight is 202 g/mol. The van der Waals surface area contributed by atoms with Crippen LogP contribution in [0.4, 0.5) is 0 Å². The summed E-state index contributed by atoms with van der Waals surface area (Å²) in [6.07, 6.45) is 4.72. The quantitative estimate of drug-likeness (QED) is 0.547. The zero-order valence-electron chi connectivity index (χ0n) is 8.14. The van der Waals surface area contributed by atoms with Crippen molar-refractivity contribution in [3.8, 4) is 0 Å². The van der Waals surface area contributed by atoms with Gasteiger partial charge in [-0.25, -0.2) is 0 Å². The van der Waals surface area contributed by atoms with Crippen LogP contribution in [0.25, 0.3) is 0 Å². The third-order valence-electron chi connectivity index (χ3n) is 2.48. The topological polar surface area (TPSA) is 29.1 Å². The predicted octanol–water partition coefficient (Wildman–Crippen LogP) is 1.94. The van der Waals surface area contributed by atoms with E-state index in [4.69, 9.17) is 11.6 Å². The number of rotatable bonds is 4. The van der Waals surface area contributed by atoms with Gasteiger partial charge in [0.2, 0.25) is 5.91 Å². The van der Waals surface area contributed by atoms with Crippen molar-refractivity contribution in [2.45, 2.75) is 20.3 Å². The van der Waals surface area contributed by atoms with E-state index in [1.165, 1.54) is 0 Å². The van der Waals surface area contributed by atoms with Gasteiger partial charge in [-0.2, -0.15) is 0 Å². The first-order chi connectivity index (χ1) is 6.08. The van der Waals surface area contributed by atoms with Gasteiger partial charge in [0.1, 0.15) is 0 Å². The molecule has 3 heteroatoms. The lowest BCUT2D eigenvalue weighted by atomic mass is 10.1. The van der Waals surface area contributed by atoms with Gasteiger partial charge < -0.3 is 5.32 Å². The van der Waals surface area contributed by atoms with Crippen molar-refractivity contribution < 1.29 is 4.79 Å². The Morgan fingerprint density at radius 1 is 1.62 bits per heavy atom. The van der Waals surface area contributed by atoms with Gasteiger partial charge >= 0.3 is 0 Å². The summed E-state index contributed by atoms with van der Waals surface area (Å²) >= 11 is 5.44. The zero-order valence-corrected chi connectivity index (χ0v) is 8.90. The molecule has 0 aliphatic heterocycles. The summed E-state index contributed by atoms with van der Waals surface area (Å²) in [7, 11) is 0. The van der Waals surface area contributed by atoms with Gasteiger partial charge in [-0.05, 0) is 11.8 Å². The van der Waals surface area contributed by atoms with Crippen LogP contribution in [-0.2, 0) is 4.79 Å². The lowest BCUT2D eigenvalue weighted by Crippen LogP contribution is -2.26. The number of carbonyl (C=O) groups excluding carboxylic acids is 1. The molecule has 0 heterocycles. The van der Waals surface area contributed by atoms with Crippen LogP contribution in [0.5, 0.6) is 0 Å². The molecule has 0 bridgehead atoms. The normalized spacial score (nSPS) is 24.7. The monoisotopic (exact) mass is 201 g/mol. The standard InChI is InChI=1S/C10H16ClNO/c1-10(2)7-8(10)9(13)12-6-4-3-5-11/h3-4,8H,5-7H2,1-2H3,(H,12,13)/b4-3+. The fourth-order valence-corrected chi connectivity index (χ4v) is 1.47. The fraction of sp³-hybridized carbons (Fsp3) is 0.700. The molecule has 74 valence electrons. The summed E-state index contributed by atoms with van der Waals surface area (Å²) in [5.41, 5.74) is 0.223. The number of halogens is 1. The average Bonchev–Trinajstić information content (AvgIpc) is 2.69. The largest absolute Gasteiger partial charge is 0.352 e. The Hall–Kier alpha value is -0.500. The van der Waals surface area contributed by atoms with E-state index in [0.717, 1.165) is 6.42 Å². The first-order valence-electron chi connectivity index (χ1n) is 4.56. The minimum atomic E-state index is 0.171. The Morgan fingerprint density at radius 2 is 2.23 bits per heavy atom. The van der Waals surface area contributed by atoms with Gasteiger partial charge in [0.05, 0.1) is 0 Å². The van der Waals surface area contributed by atoms with Crippen LogP contribution < -0.4 is 5.32 Å². The van der Waals surface area contributed by atoms with Crippen LogP contribution >= 0.6 is 11.6 Å². The highest BCUT2D eigenvalue weighted by atomic mass is 35.5. The molecule has 1 rings (SSSR count). The van der Waals surface area contributed by atoms with Gasteiger partial charge in [0.15, 0.2) is 0 Å². The lowest BCUT2D eigenvalue weighted by molar-refractivity contribution is -0.122. The minimum Gasteiger partial charge on any atom is -0.352 e. The SMILES string of the molecule is CC1(C)CC1C(=O)NC/C=C/CCl. The number of hydrogen-bond donors (Lipinski definition) is 1. The number of nitrogens with one attached hydrogen (secondary N) is 1. The lowest BCUT2D eigenvalue weighted by Gasteiger charge is -2.03. The van der Waals surface area contributed by atoms with Crippen LogP contribution in [0.3, 0.4) is 0 Å². The number of allylic oxidation sites excluding steroid dienone is 1. The van der Waals surface area contributed by atoms with Crippen LogP contribution in [-0.4, -0.2) is 18.3 Å². The molecule has 2 nitrogen and oxygen atoms in total. The van der Waals surface area contributed by atoms with Gasteiger partial charge in [0.25, 0.3) is 0 Å². The second kappa shape index (κ2) is 4.14. The molecule has 1 atom stereocenters. The van der Waals surface area contributed by atoms with Crippen molar-refractivity contribution >= 4 is 17.5 Å². The van der Waals surface area contributed by atoms with Crippen molar-refractivity contribution in [1.29, 1.82) is 0 Å². The Labute approximate surface area is 84.3 Å². The van der Waals surface area contributed by atoms with E-state index in [1.54, 1.807) is 0 Å². The smallest absolute Gasteiger partial charge is 0.223 e. The highest BCUT2D eigenvalue weighted by Gasteiger charge is 2.50. The molecule has 1 aliphatic rings. The van der Waals surface area contributed by atoms with Crippen LogP contribution in [0, 0.1) is 11.3 Å². The summed E-state index contributed by atoms with van der Waals surface area (Å²) in [6, 6.07) is 0. The van der Waals surface area contributed by atoms with Gasteiger partial charge in [-0.1, -0.05) is 26.0 Å². The maximum atomic E-state index is 11.4. The number of amides is 1. The molecule has 1 unspecified atom stereocenters. The number of hydrogen-bond acceptors (Lipinski definition) is 1. The van der Waals surface area contributed by atoms with Crippen LogP contribution in [0.15, 0.2) is 12.2 Å². The van der Waals surface area contributed by atoms with Crippen molar-refractivity contribution in [3.05, 3.63) is 12.2 Å². The van der Waals surface area contributed by atoms with E-state index in [9.17, 15) is 4.79 Å². The predicted molar refractivity (Wildman–Crippen MR) is 54.8 cm³/mol. The van der Waals surface area contributed by atoms with Crippen molar-refractivity contribution in [3.63, 3.8) is 0 Å².